The Hall–Kier alpha value is -1.64. The first kappa shape index (κ1) is 16.4. The van der Waals surface area contributed by atoms with Gasteiger partial charge >= 0.3 is 5.97 Å². The van der Waals surface area contributed by atoms with Crippen LogP contribution in [0.3, 0.4) is 0 Å². The summed E-state index contributed by atoms with van der Waals surface area (Å²) in [5, 5.41) is 26.4. The highest BCUT2D eigenvalue weighted by molar-refractivity contribution is 7.89. The third-order valence-electron chi connectivity index (χ3n) is 2.70. The molecule has 0 amide bonds. The van der Waals surface area contributed by atoms with Gasteiger partial charge in [0, 0.05) is 12.2 Å². The Balaban J connectivity index is 3.00. The molecule has 0 heterocycles. The molecular formula is C12H18N2O5S. The van der Waals surface area contributed by atoms with E-state index in [0.29, 0.717) is 6.42 Å². The monoisotopic (exact) mass is 302 g/mol. The molecule has 1 aromatic rings. The van der Waals surface area contributed by atoms with E-state index in [2.05, 4.69) is 5.32 Å². The average Bonchev–Trinajstić information content (AvgIpc) is 2.35. The molecule has 0 saturated carbocycles. The lowest BCUT2D eigenvalue weighted by Gasteiger charge is -2.14. The number of aliphatic hydroxyl groups is 1. The number of nitrogens with two attached hydrogens (primary N) is 1. The molecule has 0 saturated heterocycles. The van der Waals surface area contributed by atoms with Crippen molar-refractivity contribution in [1.82, 2.24) is 0 Å². The Morgan fingerprint density at radius 3 is 2.60 bits per heavy atom. The van der Waals surface area contributed by atoms with Gasteiger partial charge in [-0.15, -0.1) is 0 Å². The summed E-state index contributed by atoms with van der Waals surface area (Å²) < 4.78 is 22.4. The minimum Gasteiger partial charge on any atom is -0.478 e. The quantitative estimate of drug-likeness (QED) is 0.583. The summed E-state index contributed by atoms with van der Waals surface area (Å²) in [6, 6.07) is 3.53. The van der Waals surface area contributed by atoms with Gasteiger partial charge in [-0.25, -0.2) is 18.4 Å². The first-order valence-corrected chi connectivity index (χ1v) is 7.62. The number of hydrogen-bond acceptors (Lipinski definition) is 5. The number of aromatic carboxylic acids is 1. The molecular weight excluding hydrogens is 284 g/mol. The molecule has 1 atom stereocenters. The van der Waals surface area contributed by atoms with E-state index < -0.39 is 22.1 Å². The number of nitrogens with one attached hydrogen (secondary N) is 1. The van der Waals surface area contributed by atoms with Crippen LogP contribution in [0.5, 0.6) is 0 Å². The van der Waals surface area contributed by atoms with Crippen molar-refractivity contribution >= 4 is 21.7 Å². The zero-order valence-corrected chi connectivity index (χ0v) is 11.9. The molecule has 5 N–H and O–H groups in total. The van der Waals surface area contributed by atoms with Crippen molar-refractivity contribution in [2.75, 3.05) is 11.9 Å². The van der Waals surface area contributed by atoms with Crippen LogP contribution in [0.4, 0.5) is 5.69 Å². The Morgan fingerprint density at radius 2 is 2.10 bits per heavy atom. The maximum Gasteiger partial charge on any atom is 0.337 e. The summed E-state index contributed by atoms with van der Waals surface area (Å²) in [4.78, 5) is 10.9. The fourth-order valence-electron chi connectivity index (χ4n) is 1.69. The molecule has 1 aromatic carbocycles. The molecule has 20 heavy (non-hydrogen) atoms. The van der Waals surface area contributed by atoms with Crippen molar-refractivity contribution in [3.8, 4) is 0 Å². The maximum absolute atomic E-state index is 11.2. The highest BCUT2D eigenvalue weighted by Crippen LogP contribution is 2.20. The van der Waals surface area contributed by atoms with E-state index in [1.807, 2.05) is 6.92 Å². The molecule has 7 nitrogen and oxygen atoms in total. The van der Waals surface area contributed by atoms with Crippen LogP contribution in [-0.2, 0) is 10.0 Å². The summed E-state index contributed by atoms with van der Waals surface area (Å²) >= 11 is 0. The van der Waals surface area contributed by atoms with Crippen LogP contribution in [0, 0.1) is 0 Å². The van der Waals surface area contributed by atoms with E-state index in [0.717, 1.165) is 12.5 Å². The number of rotatable bonds is 7. The normalized spacial score (nSPS) is 12.9. The van der Waals surface area contributed by atoms with Gasteiger partial charge in [0.15, 0.2) is 0 Å². The molecule has 0 fully saturated rings. The lowest BCUT2D eigenvalue weighted by molar-refractivity contribution is 0.0697. The number of carbonyl (C=O) groups is 1. The van der Waals surface area contributed by atoms with Gasteiger partial charge in [-0.05, 0) is 24.6 Å². The number of carboxylic acid groups (broad SMARTS) is 1. The summed E-state index contributed by atoms with van der Waals surface area (Å²) in [6.07, 6.45) is 0.795. The average molecular weight is 302 g/mol. The van der Waals surface area contributed by atoms with Crippen LogP contribution >= 0.6 is 0 Å². The van der Waals surface area contributed by atoms with Gasteiger partial charge in [0.25, 0.3) is 0 Å². The standard InChI is InChI=1S/C12H18N2O5S/c1-2-3-8(15)7-14-11-5-4-9(20(13,18)19)6-10(11)12(16)17/h4-6,8,14-15H,2-3,7H2,1H3,(H,16,17)(H2,13,18,19). The number of benzene rings is 1. The molecule has 112 valence electrons. The van der Waals surface area contributed by atoms with Crippen molar-refractivity contribution in [2.24, 2.45) is 5.14 Å². The van der Waals surface area contributed by atoms with Crippen LogP contribution < -0.4 is 10.5 Å². The van der Waals surface area contributed by atoms with Crippen molar-refractivity contribution in [3.05, 3.63) is 23.8 Å². The Morgan fingerprint density at radius 1 is 1.45 bits per heavy atom. The van der Waals surface area contributed by atoms with E-state index in [9.17, 15) is 18.3 Å². The Bertz CT molecular complexity index is 586. The first-order chi connectivity index (χ1) is 9.25. The van der Waals surface area contributed by atoms with Crippen LogP contribution in [0.15, 0.2) is 23.1 Å². The SMILES string of the molecule is CCCC(O)CNc1ccc(S(N)(=O)=O)cc1C(=O)O. The first-order valence-electron chi connectivity index (χ1n) is 6.07. The minimum atomic E-state index is -3.96. The second-order valence-corrected chi connectivity index (χ2v) is 5.94. The molecule has 0 aliphatic heterocycles. The predicted molar refractivity (Wildman–Crippen MR) is 74.2 cm³/mol. The summed E-state index contributed by atoms with van der Waals surface area (Å²) in [5.74, 6) is -1.28. The van der Waals surface area contributed by atoms with E-state index in [-0.39, 0.29) is 22.7 Å². The lowest BCUT2D eigenvalue weighted by Crippen LogP contribution is -2.21. The van der Waals surface area contributed by atoms with E-state index in [1.165, 1.54) is 12.1 Å². The summed E-state index contributed by atoms with van der Waals surface area (Å²) in [7, 11) is -3.96. The minimum absolute atomic E-state index is 0.183. The van der Waals surface area contributed by atoms with Gasteiger partial charge in [-0.1, -0.05) is 13.3 Å². The van der Waals surface area contributed by atoms with E-state index >= 15 is 0 Å². The predicted octanol–water partition coefficient (Wildman–Crippen LogP) is 0.605. The van der Waals surface area contributed by atoms with Gasteiger partial charge in [-0.3, -0.25) is 0 Å². The van der Waals surface area contributed by atoms with Crippen molar-refractivity contribution in [1.29, 1.82) is 0 Å². The highest BCUT2D eigenvalue weighted by Gasteiger charge is 2.16. The van der Waals surface area contributed by atoms with Crippen LogP contribution in [-0.4, -0.2) is 37.2 Å². The molecule has 0 aromatic heterocycles. The van der Waals surface area contributed by atoms with E-state index in [4.69, 9.17) is 10.2 Å². The molecule has 0 bridgehead atoms. The Kier molecular flexibility index (Phi) is 5.49. The number of aliphatic hydroxyl groups excluding tert-OH is 1. The fourth-order valence-corrected chi connectivity index (χ4v) is 2.23. The molecule has 0 aliphatic rings. The molecule has 0 radical (unpaired) electrons. The number of hydrogen-bond donors (Lipinski definition) is 4. The van der Waals surface area contributed by atoms with Gasteiger partial charge in [-0.2, -0.15) is 0 Å². The number of primary sulfonamides is 1. The lowest BCUT2D eigenvalue weighted by atomic mass is 10.1. The fraction of sp³-hybridized carbons (Fsp3) is 0.417. The smallest absolute Gasteiger partial charge is 0.337 e. The van der Waals surface area contributed by atoms with Gasteiger partial charge in [0.2, 0.25) is 10.0 Å². The summed E-state index contributed by atoms with van der Waals surface area (Å²) in [6.45, 7) is 2.11. The second kappa shape index (κ2) is 6.69. The zero-order valence-electron chi connectivity index (χ0n) is 11.0. The Labute approximate surface area is 117 Å². The second-order valence-electron chi connectivity index (χ2n) is 4.38. The van der Waals surface area contributed by atoms with Crippen molar-refractivity contribution in [2.45, 2.75) is 30.8 Å². The van der Waals surface area contributed by atoms with Gasteiger partial charge < -0.3 is 15.5 Å². The summed E-state index contributed by atoms with van der Waals surface area (Å²) in [5.41, 5.74) is 0.0280. The van der Waals surface area contributed by atoms with Gasteiger partial charge in [0.05, 0.1) is 16.6 Å². The molecule has 1 unspecified atom stereocenters. The van der Waals surface area contributed by atoms with Crippen LogP contribution in [0.1, 0.15) is 30.1 Å². The molecule has 8 heteroatoms. The highest BCUT2D eigenvalue weighted by atomic mass is 32.2. The van der Waals surface area contributed by atoms with Gasteiger partial charge in [0.1, 0.15) is 0 Å². The largest absolute Gasteiger partial charge is 0.478 e. The number of carboxylic acids is 1. The zero-order chi connectivity index (χ0) is 15.3. The number of anilines is 1. The van der Waals surface area contributed by atoms with Crippen LogP contribution in [0.2, 0.25) is 0 Å². The van der Waals surface area contributed by atoms with Crippen LogP contribution in [0.25, 0.3) is 0 Å². The van der Waals surface area contributed by atoms with Crippen molar-refractivity contribution in [3.63, 3.8) is 0 Å². The molecule has 1 rings (SSSR count). The van der Waals surface area contributed by atoms with E-state index in [1.54, 1.807) is 0 Å². The topological polar surface area (TPSA) is 130 Å². The third kappa shape index (κ3) is 4.48. The van der Waals surface area contributed by atoms with Crippen molar-refractivity contribution < 1.29 is 23.4 Å². The number of sulfonamides is 1. The molecule has 0 aliphatic carbocycles. The molecule has 0 spiro atoms. The maximum atomic E-state index is 11.2. The third-order valence-corrected chi connectivity index (χ3v) is 3.61.